The van der Waals surface area contributed by atoms with Crippen molar-refractivity contribution in [2.45, 2.75) is 25.8 Å². The summed E-state index contributed by atoms with van der Waals surface area (Å²) in [5.74, 6) is 0.474. The minimum absolute atomic E-state index is 0.164. The lowest BCUT2D eigenvalue weighted by atomic mass is 10.0. The van der Waals surface area contributed by atoms with Crippen LogP contribution in [0.1, 0.15) is 42.9 Å². The van der Waals surface area contributed by atoms with Crippen molar-refractivity contribution in [2.75, 3.05) is 5.32 Å². The molecule has 23 heavy (non-hydrogen) atoms. The number of hydrogen-bond acceptors (Lipinski definition) is 5. The smallest absolute Gasteiger partial charge is 0.322 e. The van der Waals surface area contributed by atoms with E-state index in [-0.39, 0.29) is 23.8 Å². The molecular formula is C17H17FN4O. The number of nitrogens with zero attached hydrogens (tertiary/aromatic N) is 3. The van der Waals surface area contributed by atoms with Gasteiger partial charge >= 0.3 is 6.01 Å². The van der Waals surface area contributed by atoms with E-state index in [1.165, 1.54) is 12.1 Å². The minimum atomic E-state index is -0.382. The van der Waals surface area contributed by atoms with Crippen molar-refractivity contribution in [2.24, 2.45) is 0 Å². The van der Waals surface area contributed by atoms with Gasteiger partial charge in [0.25, 0.3) is 0 Å². The van der Waals surface area contributed by atoms with Gasteiger partial charge < -0.3 is 9.84 Å². The Kier molecular flexibility index (Phi) is 4.32. The predicted molar refractivity (Wildman–Crippen MR) is 84.5 cm³/mol. The number of pyridine rings is 1. The highest BCUT2D eigenvalue weighted by molar-refractivity contribution is 5.37. The molecule has 2 heterocycles. The van der Waals surface area contributed by atoms with E-state index in [4.69, 9.17) is 4.52 Å². The summed E-state index contributed by atoms with van der Waals surface area (Å²) in [6, 6.07) is 11.8. The van der Waals surface area contributed by atoms with E-state index in [2.05, 4.69) is 20.4 Å². The van der Waals surface area contributed by atoms with Crippen LogP contribution in [0.4, 0.5) is 10.4 Å². The Bertz CT molecular complexity index is 773. The maximum Gasteiger partial charge on any atom is 0.322 e. The molecule has 118 valence electrons. The van der Waals surface area contributed by atoms with Crippen LogP contribution in [0.25, 0.3) is 0 Å². The Labute approximate surface area is 133 Å². The molecule has 1 N–H and O–H groups in total. The van der Waals surface area contributed by atoms with Crippen LogP contribution in [-0.2, 0) is 0 Å². The third kappa shape index (κ3) is 3.53. The molecule has 0 spiro atoms. The first-order chi connectivity index (χ1) is 11.1. The van der Waals surface area contributed by atoms with Crippen LogP contribution in [0.2, 0.25) is 0 Å². The summed E-state index contributed by atoms with van der Waals surface area (Å²) in [5.41, 5.74) is 1.47. The van der Waals surface area contributed by atoms with Gasteiger partial charge in [-0.2, -0.15) is 4.98 Å². The molecule has 0 saturated carbocycles. The van der Waals surface area contributed by atoms with Gasteiger partial charge in [-0.3, -0.25) is 4.98 Å². The Morgan fingerprint density at radius 2 is 2.00 bits per heavy atom. The molecule has 6 heteroatoms. The van der Waals surface area contributed by atoms with Crippen molar-refractivity contribution in [3.63, 3.8) is 0 Å². The van der Waals surface area contributed by atoms with Crippen LogP contribution in [0.15, 0.2) is 53.2 Å². The average molecular weight is 312 g/mol. The number of nitrogens with one attached hydrogen (secondary N) is 1. The fourth-order valence-corrected chi connectivity index (χ4v) is 2.21. The highest BCUT2D eigenvalue weighted by atomic mass is 19.1. The highest BCUT2D eigenvalue weighted by Gasteiger charge is 2.19. The van der Waals surface area contributed by atoms with Crippen molar-refractivity contribution < 1.29 is 8.91 Å². The zero-order chi connectivity index (χ0) is 16.2. The van der Waals surface area contributed by atoms with Crippen molar-refractivity contribution in [3.8, 4) is 0 Å². The van der Waals surface area contributed by atoms with Gasteiger partial charge in [0.1, 0.15) is 5.82 Å². The van der Waals surface area contributed by atoms with Crippen LogP contribution in [0.5, 0.6) is 0 Å². The molecule has 3 aromatic rings. The van der Waals surface area contributed by atoms with Gasteiger partial charge in [-0.05, 0) is 29.8 Å². The lowest BCUT2D eigenvalue weighted by Crippen LogP contribution is -2.14. The number of anilines is 1. The lowest BCUT2D eigenvalue weighted by Gasteiger charge is -2.17. The Balaban J connectivity index is 1.95. The topological polar surface area (TPSA) is 63.8 Å². The van der Waals surface area contributed by atoms with Crippen molar-refractivity contribution >= 4 is 6.01 Å². The first kappa shape index (κ1) is 15.1. The fourth-order valence-electron chi connectivity index (χ4n) is 2.21. The van der Waals surface area contributed by atoms with Gasteiger partial charge in [-0.1, -0.05) is 37.2 Å². The summed E-state index contributed by atoms with van der Waals surface area (Å²) in [6.45, 7) is 3.97. The summed E-state index contributed by atoms with van der Waals surface area (Å²) >= 11 is 0. The van der Waals surface area contributed by atoms with Crippen LogP contribution < -0.4 is 5.32 Å². The molecule has 5 nitrogen and oxygen atoms in total. The molecular weight excluding hydrogens is 295 g/mol. The normalized spacial score (nSPS) is 12.3. The highest BCUT2D eigenvalue weighted by Crippen LogP contribution is 2.25. The zero-order valence-electron chi connectivity index (χ0n) is 12.9. The molecule has 0 radical (unpaired) electrons. The molecule has 0 aliphatic carbocycles. The molecule has 1 unspecified atom stereocenters. The second kappa shape index (κ2) is 6.56. The van der Waals surface area contributed by atoms with Gasteiger partial charge in [0.2, 0.25) is 0 Å². The maximum absolute atomic E-state index is 13.6. The van der Waals surface area contributed by atoms with Gasteiger partial charge in [0.15, 0.2) is 5.82 Å². The predicted octanol–water partition coefficient (Wildman–Crippen LogP) is 3.93. The standard InChI is InChI=1S/C17H17FN4O/c1-11(2)16-21-17(23-22-16)20-15(14-8-3-4-9-19-14)12-6-5-7-13(18)10-12/h3-11,15H,1-2H3,(H,20,21,22). The third-order valence-electron chi connectivity index (χ3n) is 3.39. The fraction of sp³-hybridized carbons (Fsp3) is 0.235. The summed E-state index contributed by atoms with van der Waals surface area (Å²) in [4.78, 5) is 8.66. The summed E-state index contributed by atoms with van der Waals surface area (Å²) < 4.78 is 18.8. The largest absolute Gasteiger partial charge is 0.325 e. The molecule has 0 saturated heterocycles. The second-order valence-electron chi connectivity index (χ2n) is 5.50. The Morgan fingerprint density at radius 3 is 2.65 bits per heavy atom. The van der Waals surface area contributed by atoms with E-state index < -0.39 is 0 Å². The number of rotatable bonds is 5. The molecule has 1 aromatic carbocycles. The monoisotopic (exact) mass is 312 g/mol. The molecule has 0 aliphatic heterocycles. The Morgan fingerprint density at radius 1 is 1.13 bits per heavy atom. The molecule has 0 amide bonds. The van der Waals surface area contributed by atoms with E-state index in [1.807, 2.05) is 38.1 Å². The third-order valence-corrected chi connectivity index (χ3v) is 3.39. The molecule has 0 bridgehead atoms. The number of benzene rings is 1. The van der Waals surface area contributed by atoms with E-state index in [1.54, 1.807) is 12.3 Å². The summed E-state index contributed by atoms with van der Waals surface area (Å²) in [7, 11) is 0. The second-order valence-corrected chi connectivity index (χ2v) is 5.50. The SMILES string of the molecule is CC(C)c1noc(NC(c2cccc(F)c2)c2ccccn2)n1. The average Bonchev–Trinajstić information content (AvgIpc) is 3.02. The first-order valence-electron chi connectivity index (χ1n) is 7.40. The number of aromatic nitrogens is 3. The van der Waals surface area contributed by atoms with Crippen LogP contribution in [-0.4, -0.2) is 15.1 Å². The molecule has 0 aliphatic rings. The maximum atomic E-state index is 13.6. The number of halogens is 1. The molecule has 0 fully saturated rings. The van der Waals surface area contributed by atoms with E-state index in [0.717, 1.165) is 11.3 Å². The minimum Gasteiger partial charge on any atom is -0.325 e. The summed E-state index contributed by atoms with van der Waals surface area (Å²) in [5, 5.41) is 7.08. The van der Waals surface area contributed by atoms with Crippen molar-refractivity contribution in [1.82, 2.24) is 15.1 Å². The summed E-state index contributed by atoms with van der Waals surface area (Å²) in [6.07, 6.45) is 1.69. The van der Waals surface area contributed by atoms with Crippen LogP contribution in [0, 0.1) is 5.82 Å². The van der Waals surface area contributed by atoms with Crippen molar-refractivity contribution in [1.29, 1.82) is 0 Å². The number of hydrogen-bond donors (Lipinski definition) is 1. The molecule has 2 aromatic heterocycles. The lowest BCUT2D eigenvalue weighted by molar-refractivity contribution is 0.417. The zero-order valence-corrected chi connectivity index (χ0v) is 12.9. The van der Waals surface area contributed by atoms with Gasteiger partial charge in [-0.25, -0.2) is 4.39 Å². The van der Waals surface area contributed by atoms with Gasteiger partial charge in [0.05, 0.1) is 11.7 Å². The molecule has 1 atom stereocenters. The van der Waals surface area contributed by atoms with Crippen LogP contribution in [0.3, 0.4) is 0 Å². The van der Waals surface area contributed by atoms with Gasteiger partial charge in [-0.15, -0.1) is 0 Å². The van der Waals surface area contributed by atoms with E-state index >= 15 is 0 Å². The molecule has 3 rings (SSSR count). The first-order valence-corrected chi connectivity index (χ1v) is 7.40. The van der Waals surface area contributed by atoms with E-state index in [9.17, 15) is 4.39 Å². The Hall–Kier alpha value is -2.76. The quantitative estimate of drug-likeness (QED) is 0.773. The van der Waals surface area contributed by atoms with Crippen LogP contribution >= 0.6 is 0 Å². The van der Waals surface area contributed by atoms with Gasteiger partial charge in [0, 0.05) is 12.1 Å². The van der Waals surface area contributed by atoms with E-state index in [0.29, 0.717) is 5.82 Å². The van der Waals surface area contributed by atoms with Crippen molar-refractivity contribution in [3.05, 3.63) is 71.6 Å².